The maximum absolute atomic E-state index is 11.0. The molecule has 13 heavy (non-hydrogen) atoms. The third-order valence-electron chi connectivity index (χ3n) is 1.43. The minimum atomic E-state index is -0.317. The molecule has 4 nitrogen and oxygen atoms in total. The molecule has 0 saturated carbocycles. The van der Waals surface area contributed by atoms with Gasteiger partial charge in [0.15, 0.2) is 0 Å². The molecule has 0 fully saturated rings. The van der Waals surface area contributed by atoms with Gasteiger partial charge < -0.3 is 9.57 Å². The first-order valence-corrected chi connectivity index (χ1v) is 4.95. The Morgan fingerprint density at radius 3 is 2.92 bits per heavy atom. The van der Waals surface area contributed by atoms with E-state index in [4.69, 9.17) is 9.57 Å². The highest BCUT2D eigenvalue weighted by atomic mass is 32.2. The van der Waals surface area contributed by atoms with Crippen LogP contribution in [0.15, 0.2) is 5.16 Å². The predicted octanol–water partition coefficient (Wildman–Crippen LogP) is 2.39. The Kier molecular flexibility index (Phi) is 3.19. The van der Waals surface area contributed by atoms with Gasteiger partial charge in [-0.3, -0.25) is 0 Å². The third-order valence-corrected chi connectivity index (χ3v) is 2.17. The Morgan fingerprint density at radius 2 is 2.46 bits per heavy atom. The van der Waals surface area contributed by atoms with E-state index in [1.165, 1.54) is 0 Å². The molecule has 1 aliphatic heterocycles. The third kappa shape index (κ3) is 3.26. The van der Waals surface area contributed by atoms with Gasteiger partial charge in [-0.15, -0.1) is 0 Å². The van der Waals surface area contributed by atoms with Gasteiger partial charge in [0.1, 0.15) is 10.6 Å². The maximum Gasteiger partial charge on any atom is 0.373 e. The number of nitrogens with zero attached hydrogens (tertiary/aromatic N) is 1. The van der Waals surface area contributed by atoms with Gasteiger partial charge in [0.2, 0.25) is 0 Å². The number of ether oxygens (including phenoxy) is 1. The number of hydrogen-bond acceptors (Lipinski definition) is 5. The van der Waals surface area contributed by atoms with Gasteiger partial charge in [-0.1, -0.05) is 5.16 Å². The van der Waals surface area contributed by atoms with E-state index in [-0.39, 0.29) is 10.9 Å². The molecule has 0 aromatic heterocycles. The largest absolute Gasteiger partial charge is 0.458 e. The first-order chi connectivity index (χ1) is 6.03. The summed E-state index contributed by atoms with van der Waals surface area (Å²) in [5.41, 5.74) is -0.283. The van der Waals surface area contributed by atoms with Crippen LogP contribution in [0.2, 0.25) is 0 Å². The highest BCUT2D eigenvalue weighted by molar-refractivity contribution is 8.26. The van der Waals surface area contributed by atoms with Crippen LogP contribution in [-0.2, 0) is 9.57 Å². The molecule has 74 valence electrons. The summed E-state index contributed by atoms with van der Waals surface area (Å²) in [4.78, 5) is 16.1. The van der Waals surface area contributed by atoms with Gasteiger partial charge in [-0.2, -0.15) is 0 Å². The van der Waals surface area contributed by atoms with Crippen molar-refractivity contribution in [1.82, 2.24) is 0 Å². The van der Waals surface area contributed by atoms with E-state index < -0.39 is 0 Å². The summed E-state index contributed by atoms with van der Waals surface area (Å²) >= 11 is 0.998. The average molecular weight is 203 g/mol. The summed E-state index contributed by atoms with van der Waals surface area (Å²) in [5.74, 6) is 0. The molecule has 1 heterocycles. The molecule has 0 bridgehead atoms. The Hall–Kier alpha value is -0.710. The molecular weight excluding hydrogens is 190 g/mol. The fourth-order valence-electron chi connectivity index (χ4n) is 0.901. The van der Waals surface area contributed by atoms with Crippen LogP contribution in [0.5, 0.6) is 0 Å². The van der Waals surface area contributed by atoms with Crippen molar-refractivity contribution in [3.8, 4) is 0 Å². The molecule has 0 atom stereocenters. The number of rotatable bonds is 1. The Bertz CT molecular complexity index is 238. The molecule has 0 aromatic rings. The lowest BCUT2D eigenvalue weighted by Gasteiger charge is -2.12. The van der Waals surface area contributed by atoms with Gasteiger partial charge in [0.25, 0.3) is 0 Å². The van der Waals surface area contributed by atoms with Crippen molar-refractivity contribution in [2.24, 2.45) is 5.16 Å². The van der Waals surface area contributed by atoms with E-state index >= 15 is 0 Å². The summed E-state index contributed by atoms with van der Waals surface area (Å²) in [6.45, 7) is 6.02. The van der Waals surface area contributed by atoms with Gasteiger partial charge >= 0.3 is 5.30 Å². The molecule has 0 amide bonds. The molecule has 5 heteroatoms. The van der Waals surface area contributed by atoms with E-state index in [0.29, 0.717) is 18.1 Å². The topological polar surface area (TPSA) is 47.9 Å². The first-order valence-electron chi connectivity index (χ1n) is 4.13. The van der Waals surface area contributed by atoms with Crippen LogP contribution in [-0.4, -0.2) is 22.6 Å². The van der Waals surface area contributed by atoms with E-state index in [0.717, 1.165) is 11.8 Å². The summed E-state index contributed by atoms with van der Waals surface area (Å²) in [6.07, 6.45) is 0.663. The molecule has 0 N–H and O–H groups in total. The normalized spacial score (nSPS) is 19.2. The SMILES string of the molecule is CCOC(=O)SC1=NOC(C)(C)C1. The second-order valence-corrected chi connectivity index (χ2v) is 4.31. The molecule has 0 spiro atoms. The zero-order chi connectivity index (χ0) is 9.90. The summed E-state index contributed by atoms with van der Waals surface area (Å²) in [7, 11) is 0. The summed E-state index contributed by atoms with van der Waals surface area (Å²) in [5, 5.41) is 4.16. The predicted molar refractivity (Wildman–Crippen MR) is 51.8 cm³/mol. The van der Waals surface area contributed by atoms with Crippen LogP contribution in [0.1, 0.15) is 27.2 Å². The van der Waals surface area contributed by atoms with Crippen molar-refractivity contribution in [1.29, 1.82) is 0 Å². The Morgan fingerprint density at radius 1 is 1.77 bits per heavy atom. The highest BCUT2D eigenvalue weighted by Gasteiger charge is 2.30. The number of carbonyl (C=O) groups is 1. The second-order valence-electron chi connectivity index (χ2n) is 3.30. The van der Waals surface area contributed by atoms with Crippen LogP contribution < -0.4 is 0 Å². The van der Waals surface area contributed by atoms with Crippen molar-refractivity contribution < 1.29 is 14.4 Å². The van der Waals surface area contributed by atoms with E-state index in [2.05, 4.69) is 5.16 Å². The standard InChI is InChI=1S/C8H13NO3S/c1-4-11-7(10)13-6-5-8(2,3)12-9-6/h4-5H2,1-3H3. The lowest BCUT2D eigenvalue weighted by Crippen LogP contribution is -2.18. The van der Waals surface area contributed by atoms with Crippen LogP contribution in [0.4, 0.5) is 4.79 Å². The maximum atomic E-state index is 11.0. The lowest BCUT2D eigenvalue weighted by atomic mass is 10.1. The van der Waals surface area contributed by atoms with Crippen molar-refractivity contribution in [2.75, 3.05) is 6.61 Å². The molecular formula is C8H13NO3S. The van der Waals surface area contributed by atoms with Crippen molar-refractivity contribution in [2.45, 2.75) is 32.8 Å². The fourth-order valence-corrected chi connectivity index (χ4v) is 1.76. The van der Waals surface area contributed by atoms with Crippen LogP contribution in [0.3, 0.4) is 0 Å². The van der Waals surface area contributed by atoms with Crippen LogP contribution >= 0.6 is 11.8 Å². The summed E-state index contributed by atoms with van der Waals surface area (Å²) in [6, 6.07) is 0. The Labute approximate surface area is 81.6 Å². The minimum Gasteiger partial charge on any atom is -0.458 e. The number of hydrogen-bond donors (Lipinski definition) is 0. The molecule has 1 aliphatic rings. The van der Waals surface area contributed by atoms with Gasteiger partial charge in [-0.25, -0.2) is 4.79 Å². The summed E-state index contributed by atoms with van der Waals surface area (Å²) < 4.78 is 4.76. The molecule has 0 saturated heterocycles. The average Bonchev–Trinajstić information content (AvgIpc) is 2.30. The quantitative estimate of drug-likeness (QED) is 0.614. The highest BCUT2D eigenvalue weighted by Crippen LogP contribution is 2.28. The van der Waals surface area contributed by atoms with Gasteiger partial charge in [-0.05, 0) is 20.8 Å². The number of thioether (sulfide) groups is 1. The van der Waals surface area contributed by atoms with Crippen molar-refractivity contribution in [3.63, 3.8) is 0 Å². The number of carbonyl (C=O) groups excluding carboxylic acids is 1. The monoisotopic (exact) mass is 203 g/mol. The van der Waals surface area contributed by atoms with Gasteiger partial charge in [0, 0.05) is 18.2 Å². The zero-order valence-corrected chi connectivity index (χ0v) is 8.81. The first kappa shape index (κ1) is 10.4. The zero-order valence-electron chi connectivity index (χ0n) is 7.99. The molecule has 0 unspecified atom stereocenters. The number of oxime groups is 1. The van der Waals surface area contributed by atoms with Gasteiger partial charge in [0.05, 0.1) is 6.61 Å². The fraction of sp³-hybridized carbons (Fsp3) is 0.750. The molecule has 0 aliphatic carbocycles. The molecule has 0 aromatic carbocycles. The minimum absolute atomic E-state index is 0.283. The molecule has 0 radical (unpaired) electrons. The van der Waals surface area contributed by atoms with Crippen molar-refractivity contribution in [3.05, 3.63) is 0 Å². The van der Waals surface area contributed by atoms with E-state index in [1.54, 1.807) is 6.92 Å². The smallest absolute Gasteiger partial charge is 0.373 e. The van der Waals surface area contributed by atoms with E-state index in [1.807, 2.05) is 13.8 Å². The van der Waals surface area contributed by atoms with Crippen molar-refractivity contribution >= 4 is 22.1 Å². The lowest BCUT2D eigenvalue weighted by molar-refractivity contribution is 0.0123. The van der Waals surface area contributed by atoms with Crippen LogP contribution in [0.25, 0.3) is 0 Å². The van der Waals surface area contributed by atoms with E-state index in [9.17, 15) is 4.79 Å². The molecule has 1 rings (SSSR count). The Balaban J connectivity index is 2.36. The van der Waals surface area contributed by atoms with Crippen LogP contribution in [0, 0.1) is 0 Å². The second kappa shape index (κ2) is 4.00.